The number of nitrogens with zero attached hydrogens (tertiary/aromatic N) is 2. The highest BCUT2D eigenvalue weighted by Crippen LogP contribution is 2.37. The predicted molar refractivity (Wildman–Crippen MR) is 125 cm³/mol. The van der Waals surface area contributed by atoms with Gasteiger partial charge in [-0.25, -0.2) is 4.79 Å². The number of carboxylic acids is 1. The maximum atomic E-state index is 12.8. The number of carboxylic acid groups (broad SMARTS) is 1. The second-order valence-electron chi connectivity index (χ2n) is 6.31. The predicted octanol–water partition coefficient (Wildman–Crippen LogP) is 4.92. The lowest BCUT2D eigenvalue weighted by molar-refractivity contribution is -0.384. The van der Waals surface area contributed by atoms with Gasteiger partial charge in [0.05, 0.1) is 14.9 Å². The fraction of sp³-hybridized carbons (Fsp3) is 0.211. The maximum Gasteiger partial charge on any atom is 0.326 e. The van der Waals surface area contributed by atoms with E-state index in [-0.39, 0.29) is 26.4 Å². The van der Waals surface area contributed by atoms with Crippen molar-refractivity contribution in [3.05, 3.63) is 56.1 Å². The molecule has 0 aliphatic carbocycles. The highest BCUT2D eigenvalue weighted by atomic mass is 35.5. The van der Waals surface area contributed by atoms with Crippen LogP contribution in [0.5, 0.6) is 0 Å². The van der Waals surface area contributed by atoms with Crippen LogP contribution in [0.2, 0.25) is 5.02 Å². The smallest absolute Gasteiger partial charge is 0.326 e. The van der Waals surface area contributed by atoms with Crippen LogP contribution < -0.4 is 0 Å². The Hall–Kier alpha value is -2.34. The van der Waals surface area contributed by atoms with E-state index in [9.17, 15) is 24.8 Å². The number of halogens is 1. The summed E-state index contributed by atoms with van der Waals surface area (Å²) in [6.07, 6.45) is 3.62. The van der Waals surface area contributed by atoms with E-state index in [0.717, 1.165) is 16.7 Å². The summed E-state index contributed by atoms with van der Waals surface area (Å²) in [5, 5.41) is 20.5. The maximum absolute atomic E-state index is 12.8. The minimum atomic E-state index is -1.11. The number of hydrogen-bond donors (Lipinski definition) is 1. The number of furan rings is 1. The summed E-state index contributed by atoms with van der Waals surface area (Å²) in [6, 6.07) is 6.23. The first-order valence-electron chi connectivity index (χ1n) is 8.76. The standard InChI is InChI=1S/C19H15ClN2O6S3/c1-30-7-6-14(18(24)25)21-17(23)16(31-19(21)29)9-11-3-5-15(28-11)12-4-2-10(22(26)27)8-13(12)20/h2-5,8-9,14H,6-7H2,1H3,(H,24,25)/b16-9-. The second kappa shape index (κ2) is 9.86. The Balaban J connectivity index is 1.84. The first kappa shape index (κ1) is 23.3. The van der Waals surface area contributed by atoms with Gasteiger partial charge < -0.3 is 9.52 Å². The first-order valence-corrected chi connectivity index (χ1v) is 11.8. The van der Waals surface area contributed by atoms with Crippen molar-refractivity contribution >= 4 is 75.3 Å². The van der Waals surface area contributed by atoms with E-state index in [1.165, 1.54) is 36.0 Å². The Morgan fingerprint density at radius 3 is 2.81 bits per heavy atom. The number of benzene rings is 1. The van der Waals surface area contributed by atoms with E-state index in [1.807, 2.05) is 6.26 Å². The molecule has 1 unspecified atom stereocenters. The number of carbonyl (C=O) groups excluding carboxylic acids is 1. The van der Waals surface area contributed by atoms with Gasteiger partial charge in [0, 0.05) is 23.8 Å². The van der Waals surface area contributed by atoms with Crippen LogP contribution in [0.4, 0.5) is 5.69 Å². The van der Waals surface area contributed by atoms with E-state index < -0.39 is 22.8 Å². The fourth-order valence-corrected chi connectivity index (χ4v) is 4.93. The van der Waals surface area contributed by atoms with Gasteiger partial charge in [-0.05, 0) is 36.6 Å². The summed E-state index contributed by atoms with van der Waals surface area (Å²) in [7, 11) is 0. The Labute approximate surface area is 195 Å². The highest BCUT2D eigenvalue weighted by Gasteiger charge is 2.40. The summed E-state index contributed by atoms with van der Waals surface area (Å²) >= 11 is 13.9. The Kier molecular flexibility index (Phi) is 7.42. The molecule has 1 N–H and O–H groups in total. The van der Waals surface area contributed by atoms with Crippen molar-refractivity contribution < 1.29 is 24.0 Å². The fourth-order valence-electron chi connectivity index (χ4n) is 2.86. The molecule has 1 amide bonds. The van der Waals surface area contributed by atoms with Crippen LogP contribution in [0.25, 0.3) is 17.4 Å². The normalized spacial score (nSPS) is 16.2. The lowest BCUT2D eigenvalue weighted by atomic mass is 10.1. The van der Waals surface area contributed by atoms with Gasteiger partial charge in [0.2, 0.25) is 0 Å². The molecule has 0 radical (unpaired) electrons. The number of thioether (sulfide) groups is 2. The molecule has 2 aromatic rings. The highest BCUT2D eigenvalue weighted by molar-refractivity contribution is 8.26. The van der Waals surface area contributed by atoms with Crippen molar-refractivity contribution in [2.45, 2.75) is 12.5 Å². The summed E-state index contributed by atoms with van der Waals surface area (Å²) in [5.41, 5.74) is 0.320. The zero-order valence-electron chi connectivity index (χ0n) is 15.9. The third-order valence-corrected chi connectivity index (χ3v) is 6.63. The van der Waals surface area contributed by atoms with Crippen molar-refractivity contribution in [1.29, 1.82) is 0 Å². The minimum absolute atomic E-state index is 0.140. The van der Waals surface area contributed by atoms with Crippen molar-refractivity contribution in [3.8, 4) is 11.3 Å². The molecule has 1 saturated heterocycles. The van der Waals surface area contributed by atoms with Gasteiger partial charge in [-0.1, -0.05) is 35.6 Å². The SMILES string of the molecule is CSCCC(C(=O)O)N1C(=O)/C(=C/c2ccc(-c3ccc([N+](=O)[O-])cc3Cl)o2)SC1=S. The van der Waals surface area contributed by atoms with Gasteiger partial charge in [-0.3, -0.25) is 19.8 Å². The summed E-state index contributed by atoms with van der Waals surface area (Å²) in [5.74, 6) is -0.328. The molecule has 31 heavy (non-hydrogen) atoms. The lowest BCUT2D eigenvalue weighted by Gasteiger charge is -2.22. The molecule has 3 rings (SSSR count). The van der Waals surface area contributed by atoms with Gasteiger partial charge in [-0.15, -0.1) is 0 Å². The number of amides is 1. The van der Waals surface area contributed by atoms with E-state index in [1.54, 1.807) is 12.1 Å². The van der Waals surface area contributed by atoms with Crippen molar-refractivity contribution in [1.82, 2.24) is 4.90 Å². The molecule has 0 spiro atoms. The van der Waals surface area contributed by atoms with Crippen LogP contribution in [0.3, 0.4) is 0 Å². The van der Waals surface area contributed by atoms with Crippen molar-refractivity contribution in [3.63, 3.8) is 0 Å². The summed E-state index contributed by atoms with van der Waals surface area (Å²) in [4.78, 5) is 36.1. The molecule has 1 fully saturated rings. The number of aliphatic carboxylic acids is 1. The van der Waals surface area contributed by atoms with Crippen molar-refractivity contribution in [2.24, 2.45) is 0 Å². The molecule has 1 atom stereocenters. The number of nitro groups is 1. The molecule has 0 bridgehead atoms. The molecule has 12 heteroatoms. The average molecular weight is 499 g/mol. The van der Waals surface area contributed by atoms with Crippen LogP contribution in [0.1, 0.15) is 12.2 Å². The van der Waals surface area contributed by atoms with Crippen LogP contribution in [-0.2, 0) is 9.59 Å². The number of rotatable bonds is 8. The molecular formula is C19H15ClN2O6S3. The van der Waals surface area contributed by atoms with Gasteiger partial charge in [-0.2, -0.15) is 11.8 Å². The third kappa shape index (κ3) is 5.12. The molecule has 2 heterocycles. The first-order chi connectivity index (χ1) is 14.7. The van der Waals surface area contributed by atoms with Gasteiger partial charge in [0.15, 0.2) is 0 Å². The Morgan fingerprint density at radius 2 is 2.19 bits per heavy atom. The van der Waals surface area contributed by atoms with Crippen LogP contribution in [-0.4, -0.2) is 49.2 Å². The molecule has 1 aliphatic rings. The Bertz CT molecular complexity index is 1100. The number of thiocarbonyl (C=S) groups is 1. The molecule has 1 aromatic carbocycles. The molecule has 0 saturated carbocycles. The zero-order valence-corrected chi connectivity index (χ0v) is 19.1. The Morgan fingerprint density at radius 1 is 1.45 bits per heavy atom. The van der Waals surface area contributed by atoms with E-state index in [0.29, 0.717) is 22.8 Å². The quantitative estimate of drug-likeness (QED) is 0.234. The second-order valence-corrected chi connectivity index (χ2v) is 9.38. The topological polar surface area (TPSA) is 114 Å². The number of carbonyl (C=O) groups is 2. The average Bonchev–Trinajstić information content (AvgIpc) is 3.27. The number of hydrogen-bond acceptors (Lipinski definition) is 8. The molecule has 1 aromatic heterocycles. The van der Waals surface area contributed by atoms with Crippen LogP contribution >= 0.6 is 47.3 Å². The minimum Gasteiger partial charge on any atom is -0.480 e. The van der Waals surface area contributed by atoms with Crippen LogP contribution in [0.15, 0.2) is 39.7 Å². The van der Waals surface area contributed by atoms with E-state index in [2.05, 4.69) is 0 Å². The van der Waals surface area contributed by atoms with Crippen LogP contribution in [0, 0.1) is 10.1 Å². The van der Waals surface area contributed by atoms with Crippen molar-refractivity contribution in [2.75, 3.05) is 12.0 Å². The van der Waals surface area contributed by atoms with E-state index >= 15 is 0 Å². The largest absolute Gasteiger partial charge is 0.480 e. The van der Waals surface area contributed by atoms with E-state index in [4.69, 9.17) is 28.2 Å². The molecule has 162 valence electrons. The number of non-ortho nitro benzene ring substituents is 1. The zero-order chi connectivity index (χ0) is 22.7. The summed E-state index contributed by atoms with van der Waals surface area (Å²) < 4.78 is 5.90. The molecule has 1 aliphatic heterocycles. The van der Waals surface area contributed by atoms with Gasteiger partial charge >= 0.3 is 5.97 Å². The van der Waals surface area contributed by atoms with Gasteiger partial charge in [0.25, 0.3) is 11.6 Å². The number of nitro benzene ring substituents is 1. The third-order valence-electron chi connectivity index (χ3n) is 4.34. The molecular weight excluding hydrogens is 484 g/mol. The monoisotopic (exact) mass is 498 g/mol. The lowest BCUT2D eigenvalue weighted by Crippen LogP contribution is -2.44. The summed E-state index contributed by atoms with van der Waals surface area (Å²) in [6.45, 7) is 0. The molecule has 8 nitrogen and oxygen atoms in total. The van der Waals surface area contributed by atoms with Gasteiger partial charge in [0.1, 0.15) is 21.9 Å².